The summed E-state index contributed by atoms with van der Waals surface area (Å²) in [4.78, 5) is 2.57. The van der Waals surface area contributed by atoms with Gasteiger partial charge >= 0.3 is 0 Å². The monoisotopic (exact) mass is 242 g/mol. The van der Waals surface area contributed by atoms with E-state index in [0.29, 0.717) is 12.6 Å². The van der Waals surface area contributed by atoms with E-state index in [4.69, 9.17) is 10.5 Å². The number of ether oxygens (including phenoxy) is 1. The molecule has 102 valence electrons. The van der Waals surface area contributed by atoms with Crippen molar-refractivity contribution in [1.29, 1.82) is 0 Å². The summed E-state index contributed by atoms with van der Waals surface area (Å²) in [6.45, 7) is 10.6. The molecule has 1 saturated heterocycles. The molecule has 17 heavy (non-hydrogen) atoms. The highest BCUT2D eigenvalue weighted by Gasteiger charge is 2.26. The summed E-state index contributed by atoms with van der Waals surface area (Å²) in [6, 6.07) is 0.550. The van der Waals surface area contributed by atoms with E-state index in [0.717, 1.165) is 19.1 Å². The fourth-order valence-corrected chi connectivity index (χ4v) is 2.52. The average molecular weight is 242 g/mol. The van der Waals surface area contributed by atoms with Gasteiger partial charge in [0.2, 0.25) is 0 Å². The second-order valence-corrected chi connectivity index (χ2v) is 5.41. The molecule has 0 bridgehead atoms. The fourth-order valence-electron chi connectivity index (χ4n) is 2.52. The van der Waals surface area contributed by atoms with E-state index < -0.39 is 0 Å². The van der Waals surface area contributed by atoms with Crippen LogP contribution in [0, 0.1) is 5.92 Å². The van der Waals surface area contributed by atoms with E-state index in [9.17, 15) is 0 Å². The van der Waals surface area contributed by atoms with Gasteiger partial charge in [-0.1, -0.05) is 33.1 Å². The average Bonchev–Trinajstić information content (AvgIpc) is 2.36. The van der Waals surface area contributed by atoms with Crippen LogP contribution in [0.2, 0.25) is 0 Å². The van der Waals surface area contributed by atoms with Crippen LogP contribution in [0.25, 0.3) is 0 Å². The smallest absolute Gasteiger partial charge is 0.0824 e. The van der Waals surface area contributed by atoms with Gasteiger partial charge in [0.05, 0.1) is 12.7 Å². The van der Waals surface area contributed by atoms with Gasteiger partial charge in [-0.05, 0) is 19.3 Å². The van der Waals surface area contributed by atoms with Crippen LogP contribution in [0.3, 0.4) is 0 Å². The topological polar surface area (TPSA) is 38.5 Å². The Labute approximate surface area is 107 Å². The number of nitrogens with two attached hydrogens (primary N) is 1. The molecule has 1 aliphatic rings. The maximum atomic E-state index is 5.70. The third kappa shape index (κ3) is 4.94. The Balaban J connectivity index is 2.40. The van der Waals surface area contributed by atoms with Crippen LogP contribution in [0.5, 0.6) is 0 Å². The van der Waals surface area contributed by atoms with Gasteiger partial charge in [-0.2, -0.15) is 0 Å². The summed E-state index contributed by atoms with van der Waals surface area (Å²) < 4.78 is 5.70. The van der Waals surface area contributed by atoms with Crippen molar-refractivity contribution in [2.45, 2.75) is 58.6 Å². The Morgan fingerprint density at radius 1 is 1.41 bits per heavy atom. The lowest BCUT2D eigenvalue weighted by atomic mass is 9.97. The molecular formula is C14H30N2O. The minimum atomic E-state index is 0.245. The molecule has 0 spiro atoms. The molecule has 0 aromatic carbocycles. The Bertz CT molecular complexity index is 199. The van der Waals surface area contributed by atoms with E-state index in [1.54, 1.807) is 0 Å². The first kappa shape index (κ1) is 14.9. The molecule has 3 nitrogen and oxygen atoms in total. The van der Waals surface area contributed by atoms with Gasteiger partial charge in [0.25, 0.3) is 0 Å². The Kier molecular flexibility index (Phi) is 7.09. The standard InChI is InChI=1S/C14H30N2O/c1-4-6-7-13(5-2)9-16-10-14(8-15)17-11-12(16)3/h12-14H,4-11,15H2,1-3H3. The van der Waals surface area contributed by atoms with Crippen LogP contribution in [0.4, 0.5) is 0 Å². The number of hydrogen-bond acceptors (Lipinski definition) is 3. The molecule has 1 fully saturated rings. The molecule has 3 atom stereocenters. The molecule has 0 aromatic heterocycles. The van der Waals surface area contributed by atoms with Crippen LogP contribution in [-0.4, -0.2) is 43.3 Å². The van der Waals surface area contributed by atoms with E-state index in [2.05, 4.69) is 25.7 Å². The van der Waals surface area contributed by atoms with Crippen LogP contribution < -0.4 is 5.73 Å². The zero-order chi connectivity index (χ0) is 12.7. The molecule has 3 unspecified atom stereocenters. The highest BCUT2D eigenvalue weighted by molar-refractivity contribution is 4.79. The van der Waals surface area contributed by atoms with Gasteiger partial charge in [0.1, 0.15) is 0 Å². The quantitative estimate of drug-likeness (QED) is 0.744. The molecule has 3 heteroatoms. The number of unbranched alkanes of at least 4 members (excludes halogenated alkanes) is 1. The Morgan fingerprint density at radius 2 is 2.18 bits per heavy atom. The summed E-state index contributed by atoms with van der Waals surface area (Å²) in [5, 5.41) is 0. The second-order valence-electron chi connectivity index (χ2n) is 5.41. The van der Waals surface area contributed by atoms with Gasteiger partial charge < -0.3 is 10.5 Å². The summed E-state index contributed by atoms with van der Waals surface area (Å²) in [5.74, 6) is 0.842. The fraction of sp³-hybridized carbons (Fsp3) is 1.00. The Hall–Kier alpha value is -0.120. The number of nitrogens with zero attached hydrogens (tertiary/aromatic N) is 1. The highest BCUT2D eigenvalue weighted by atomic mass is 16.5. The van der Waals surface area contributed by atoms with Crippen molar-refractivity contribution in [2.24, 2.45) is 11.7 Å². The first-order valence-electron chi connectivity index (χ1n) is 7.26. The van der Waals surface area contributed by atoms with Crippen molar-refractivity contribution < 1.29 is 4.74 Å². The van der Waals surface area contributed by atoms with Crippen molar-refractivity contribution in [3.05, 3.63) is 0 Å². The molecule has 1 aliphatic heterocycles. The molecule has 0 saturated carbocycles. The summed E-state index contributed by atoms with van der Waals surface area (Å²) in [5.41, 5.74) is 5.70. The van der Waals surface area contributed by atoms with Gasteiger partial charge in [-0.15, -0.1) is 0 Å². The lowest BCUT2D eigenvalue weighted by molar-refractivity contribution is -0.0587. The van der Waals surface area contributed by atoms with E-state index in [-0.39, 0.29) is 6.10 Å². The summed E-state index contributed by atoms with van der Waals surface area (Å²) >= 11 is 0. The minimum absolute atomic E-state index is 0.245. The molecule has 0 aromatic rings. The molecule has 2 N–H and O–H groups in total. The maximum Gasteiger partial charge on any atom is 0.0824 e. The predicted octanol–water partition coefficient (Wildman–Crippen LogP) is 2.25. The lowest BCUT2D eigenvalue weighted by Gasteiger charge is -2.39. The zero-order valence-electron chi connectivity index (χ0n) is 11.8. The van der Waals surface area contributed by atoms with Crippen molar-refractivity contribution in [3.63, 3.8) is 0 Å². The van der Waals surface area contributed by atoms with Crippen molar-refractivity contribution >= 4 is 0 Å². The van der Waals surface area contributed by atoms with Crippen LogP contribution in [-0.2, 0) is 4.74 Å². The third-order valence-corrected chi connectivity index (χ3v) is 3.93. The van der Waals surface area contributed by atoms with Crippen LogP contribution in [0.15, 0.2) is 0 Å². The summed E-state index contributed by atoms with van der Waals surface area (Å²) in [7, 11) is 0. The minimum Gasteiger partial charge on any atom is -0.374 e. The van der Waals surface area contributed by atoms with E-state index in [1.165, 1.54) is 32.2 Å². The van der Waals surface area contributed by atoms with E-state index >= 15 is 0 Å². The molecular weight excluding hydrogens is 212 g/mol. The maximum absolute atomic E-state index is 5.70. The third-order valence-electron chi connectivity index (χ3n) is 3.93. The molecule has 1 rings (SSSR count). The normalized spacial score (nSPS) is 28.2. The largest absolute Gasteiger partial charge is 0.374 e. The van der Waals surface area contributed by atoms with Gasteiger partial charge in [-0.3, -0.25) is 4.90 Å². The van der Waals surface area contributed by atoms with Crippen LogP contribution >= 0.6 is 0 Å². The van der Waals surface area contributed by atoms with Gasteiger partial charge in [-0.25, -0.2) is 0 Å². The molecule has 0 amide bonds. The molecule has 0 aliphatic carbocycles. The second kappa shape index (κ2) is 8.06. The van der Waals surface area contributed by atoms with Crippen molar-refractivity contribution in [2.75, 3.05) is 26.2 Å². The van der Waals surface area contributed by atoms with Gasteiger partial charge in [0.15, 0.2) is 0 Å². The molecule has 1 heterocycles. The van der Waals surface area contributed by atoms with E-state index in [1.807, 2.05) is 0 Å². The lowest BCUT2D eigenvalue weighted by Crippen LogP contribution is -2.51. The van der Waals surface area contributed by atoms with Crippen molar-refractivity contribution in [1.82, 2.24) is 4.90 Å². The number of hydrogen-bond donors (Lipinski definition) is 1. The number of rotatable bonds is 7. The molecule has 0 radical (unpaired) electrons. The first-order chi connectivity index (χ1) is 8.21. The Morgan fingerprint density at radius 3 is 2.76 bits per heavy atom. The van der Waals surface area contributed by atoms with Gasteiger partial charge in [0, 0.05) is 25.7 Å². The predicted molar refractivity (Wildman–Crippen MR) is 73.1 cm³/mol. The highest BCUT2D eigenvalue weighted by Crippen LogP contribution is 2.18. The van der Waals surface area contributed by atoms with Crippen LogP contribution in [0.1, 0.15) is 46.5 Å². The summed E-state index contributed by atoms with van der Waals surface area (Å²) in [6.07, 6.45) is 5.56. The SMILES string of the molecule is CCCCC(CC)CN1CC(CN)OCC1C. The zero-order valence-corrected chi connectivity index (χ0v) is 11.8. The number of morpholine rings is 1. The first-order valence-corrected chi connectivity index (χ1v) is 7.26. The van der Waals surface area contributed by atoms with Crippen molar-refractivity contribution in [3.8, 4) is 0 Å².